The Morgan fingerprint density at radius 1 is 1.58 bits per heavy atom. The zero-order valence-corrected chi connectivity index (χ0v) is 11.6. The Morgan fingerprint density at radius 2 is 2.42 bits per heavy atom. The van der Waals surface area contributed by atoms with E-state index < -0.39 is 0 Å². The molecule has 2 N–H and O–H groups in total. The van der Waals surface area contributed by atoms with Gasteiger partial charge >= 0.3 is 0 Å². The number of likely N-dealkylation sites (N-methyl/N-ethyl adjacent to an activating group) is 1. The number of likely N-dealkylation sites (tertiary alicyclic amines) is 1. The van der Waals surface area contributed by atoms with Crippen molar-refractivity contribution in [2.45, 2.75) is 25.8 Å². The van der Waals surface area contributed by atoms with Gasteiger partial charge in [0.05, 0.1) is 0 Å². The van der Waals surface area contributed by atoms with Gasteiger partial charge in [-0.25, -0.2) is 4.98 Å². The minimum Gasteiger partial charge on any atom is -0.370 e. The molecule has 1 aliphatic heterocycles. The summed E-state index contributed by atoms with van der Waals surface area (Å²) < 4.78 is 0. The molecule has 0 radical (unpaired) electrons. The molecule has 5 nitrogen and oxygen atoms in total. The van der Waals surface area contributed by atoms with Gasteiger partial charge in [0.2, 0.25) is 0 Å². The predicted octanol–water partition coefficient (Wildman–Crippen LogP) is 1.34. The molecule has 19 heavy (non-hydrogen) atoms. The molecule has 2 rings (SSSR count). The zero-order valence-electron chi connectivity index (χ0n) is 11.6. The van der Waals surface area contributed by atoms with Crippen molar-refractivity contribution in [3.05, 3.63) is 23.9 Å². The van der Waals surface area contributed by atoms with Crippen LogP contribution in [0.5, 0.6) is 0 Å². The van der Waals surface area contributed by atoms with Crippen molar-refractivity contribution >= 4 is 11.7 Å². The van der Waals surface area contributed by atoms with Crippen molar-refractivity contribution in [1.29, 1.82) is 0 Å². The maximum atomic E-state index is 12.1. The summed E-state index contributed by atoms with van der Waals surface area (Å²) >= 11 is 0. The van der Waals surface area contributed by atoms with E-state index in [1.807, 2.05) is 6.92 Å². The van der Waals surface area contributed by atoms with E-state index in [0.29, 0.717) is 18.2 Å². The lowest BCUT2D eigenvalue weighted by atomic mass is 10.2. The Kier molecular flexibility index (Phi) is 4.74. The van der Waals surface area contributed by atoms with E-state index in [-0.39, 0.29) is 5.91 Å². The maximum absolute atomic E-state index is 12.1. The number of pyridine rings is 1. The topological polar surface area (TPSA) is 57.3 Å². The molecule has 0 bridgehead atoms. The van der Waals surface area contributed by atoms with Crippen LogP contribution in [0.3, 0.4) is 0 Å². The van der Waals surface area contributed by atoms with Crippen LogP contribution in [-0.2, 0) is 0 Å². The highest BCUT2D eigenvalue weighted by Crippen LogP contribution is 2.14. The van der Waals surface area contributed by atoms with E-state index in [1.54, 1.807) is 18.3 Å². The molecule has 1 atom stereocenters. The number of amides is 1. The highest BCUT2D eigenvalue weighted by molar-refractivity contribution is 5.94. The van der Waals surface area contributed by atoms with E-state index in [1.165, 1.54) is 6.42 Å². The molecular weight excluding hydrogens is 240 g/mol. The largest absolute Gasteiger partial charge is 0.370 e. The number of rotatable bonds is 5. The first-order chi connectivity index (χ1) is 9.20. The molecule has 1 fully saturated rings. The minimum absolute atomic E-state index is 0.0261. The minimum atomic E-state index is -0.0261. The molecule has 1 saturated heterocycles. The molecule has 1 unspecified atom stereocenters. The highest BCUT2D eigenvalue weighted by Gasteiger charge is 2.21. The van der Waals surface area contributed by atoms with Crippen molar-refractivity contribution in [3.8, 4) is 0 Å². The molecule has 104 valence electrons. The fourth-order valence-corrected chi connectivity index (χ4v) is 2.40. The average molecular weight is 262 g/mol. The lowest BCUT2D eigenvalue weighted by Gasteiger charge is -2.19. The van der Waals surface area contributed by atoms with Crippen molar-refractivity contribution in [1.82, 2.24) is 15.2 Å². The van der Waals surface area contributed by atoms with Gasteiger partial charge in [-0.15, -0.1) is 0 Å². The first-order valence-corrected chi connectivity index (χ1v) is 6.89. The van der Waals surface area contributed by atoms with Crippen molar-refractivity contribution in [2.24, 2.45) is 0 Å². The maximum Gasteiger partial charge on any atom is 0.251 e. The van der Waals surface area contributed by atoms with Gasteiger partial charge in [-0.2, -0.15) is 0 Å². The number of carbonyl (C=O) groups excluding carboxylic acids is 1. The Bertz CT molecular complexity index is 435. The van der Waals surface area contributed by atoms with Crippen LogP contribution >= 0.6 is 0 Å². The monoisotopic (exact) mass is 262 g/mol. The number of aromatic nitrogens is 1. The third-order valence-electron chi connectivity index (χ3n) is 3.55. The fourth-order valence-electron chi connectivity index (χ4n) is 2.40. The van der Waals surface area contributed by atoms with Gasteiger partial charge in [0, 0.05) is 30.9 Å². The number of nitrogens with zero attached hydrogens (tertiary/aromatic N) is 2. The number of nitrogens with one attached hydrogen (secondary N) is 2. The molecule has 5 heteroatoms. The Hall–Kier alpha value is -1.62. The van der Waals surface area contributed by atoms with Crippen molar-refractivity contribution in [2.75, 3.05) is 32.0 Å². The highest BCUT2D eigenvalue weighted by atomic mass is 16.1. The third-order valence-corrected chi connectivity index (χ3v) is 3.55. The van der Waals surface area contributed by atoms with E-state index in [4.69, 9.17) is 0 Å². The zero-order chi connectivity index (χ0) is 13.7. The predicted molar refractivity (Wildman–Crippen MR) is 76.4 cm³/mol. The van der Waals surface area contributed by atoms with Crippen LogP contribution in [0.15, 0.2) is 18.3 Å². The fraction of sp³-hybridized carbons (Fsp3) is 0.571. The summed E-state index contributed by atoms with van der Waals surface area (Å²) in [5, 5.41) is 6.11. The van der Waals surface area contributed by atoms with Gasteiger partial charge in [-0.1, -0.05) is 0 Å². The molecule has 0 saturated carbocycles. The second-order valence-electron chi connectivity index (χ2n) is 4.95. The molecule has 2 heterocycles. The molecule has 1 aromatic heterocycles. The first-order valence-electron chi connectivity index (χ1n) is 6.89. The van der Waals surface area contributed by atoms with Crippen LogP contribution in [0.1, 0.15) is 30.1 Å². The van der Waals surface area contributed by atoms with E-state index in [0.717, 1.165) is 25.3 Å². The quantitative estimate of drug-likeness (QED) is 0.840. The summed E-state index contributed by atoms with van der Waals surface area (Å²) in [6.45, 7) is 4.64. The smallest absolute Gasteiger partial charge is 0.251 e. The van der Waals surface area contributed by atoms with Crippen LogP contribution in [-0.4, -0.2) is 48.5 Å². The lowest BCUT2D eigenvalue weighted by Crippen LogP contribution is -2.38. The van der Waals surface area contributed by atoms with E-state index >= 15 is 0 Å². The number of hydrogen-bond acceptors (Lipinski definition) is 4. The summed E-state index contributed by atoms with van der Waals surface area (Å²) in [6, 6.07) is 4.00. The molecule has 0 aromatic carbocycles. The lowest BCUT2D eigenvalue weighted by molar-refractivity contribution is 0.0943. The second-order valence-corrected chi connectivity index (χ2v) is 4.95. The SMILES string of the molecule is CCNc1cc(C(=O)NCC2CCCN2C)ccn1. The average Bonchev–Trinajstić information content (AvgIpc) is 2.82. The Labute approximate surface area is 114 Å². The summed E-state index contributed by atoms with van der Waals surface area (Å²) in [5.41, 5.74) is 0.659. The van der Waals surface area contributed by atoms with Crippen LogP contribution in [0, 0.1) is 0 Å². The van der Waals surface area contributed by atoms with Gasteiger partial charge in [-0.05, 0) is 45.5 Å². The molecule has 1 aromatic rings. The molecule has 1 aliphatic rings. The van der Waals surface area contributed by atoms with Gasteiger partial charge in [0.15, 0.2) is 0 Å². The second kappa shape index (κ2) is 6.52. The summed E-state index contributed by atoms with van der Waals surface area (Å²) in [4.78, 5) is 18.5. The van der Waals surface area contributed by atoms with Gasteiger partial charge < -0.3 is 15.5 Å². The Morgan fingerprint density at radius 3 is 3.11 bits per heavy atom. The number of hydrogen-bond donors (Lipinski definition) is 2. The standard InChI is InChI=1S/C14H22N4O/c1-3-15-13-9-11(6-7-16-13)14(19)17-10-12-5-4-8-18(12)2/h6-7,9,12H,3-5,8,10H2,1-2H3,(H,15,16)(H,17,19). The Balaban J connectivity index is 1.90. The third kappa shape index (κ3) is 3.67. The van der Waals surface area contributed by atoms with E-state index in [9.17, 15) is 4.79 Å². The summed E-state index contributed by atoms with van der Waals surface area (Å²) in [5.74, 6) is 0.718. The van der Waals surface area contributed by atoms with Gasteiger partial charge in [0.25, 0.3) is 5.91 Å². The van der Waals surface area contributed by atoms with Crippen molar-refractivity contribution in [3.63, 3.8) is 0 Å². The molecular formula is C14H22N4O. The van der Waals surface area contributed by atoms with Gasteiger partial charge in [-0.3, -0.25) is 4.79 Å². The molecule has 0 spiro atoms. The van der Waals surface area contributed by atoms with Crippen LogP contribution in [0.2, 0.25) is 0 Å². The summed E-state index contributed by atoms with van der Waals surface area (Å²) in [7, 11) is 2.11. The first kappa shape index (κ1) is 13.8. The van der Waals surface area contributed by atoms with Crippen LogP contribution in [0.25, 0.3) is 0 Å². The molecule has 0 aliphatic carbocycles. The normalized spacial score (nSPS) is 19.4. The van der Waals surface area contributed by atoms with Gasteiger partial charge in [0.1, 0.15) is 5.82 Å². The number of carbonyl (C=O) groups is 1. The van der Waals surface area contributed by atoms with Crippen LogP contribution < -0.4 is 10.6 Å². The van der Waals surface area contributed by atoms with Crippen LogP contribution in [0.4, 0.5) is 5.82 Å². The summed E-state index contributed by atoms with van der Waals surface area (Å²) in [6.07, 6.45) is 4.04. The number of anilines is 1. The molecule has 1 amide bonds. The van der Waals surface area contributed by atoms with Crippen molar-refractivity contribution < 1.29 is 4.79 Å². The van der Waals surface area contributed by atoms with E-state index in [2.05, 4.69) is 27.6 Å².